The molecule has 0 atom stereocenters. The van der Waals surface area contributed by atoms with E-state index in [4.69, 9.17) is 4.99 Å². The zero-order valence-corrected chi connectivity index (χ0v) is 10.1. The Labute approximate surface area is 96.3 Å². The molecule has 1 aliphatic heterocycles. The summed E-state index contributed by atoms with van der Waals surface area (Å²) in [6.45, 7) is 1.09. The molecule has 84 valence electrons. The maximum absolute atomic E-state index is 4.76. The highest BCUT2D eigenvalue weighted by atomic mass is 32.2. The zero-order chi connectivity index (χ0) is 10.1. The van der Waals surface area contributed by atoms with E-state index in [1.165, 1.54) is 55.9 Å². The first-order chi connectivity index (χ1) is 7.36. The van der Waals surface area contributed by atoms with Gasteiger partial charge in [-0.1, -0.05) is 24.6 Å². The number of aliphatic imine (C=N–C) groups is 1. The van der Waals surface area contributed by atoms with Crippen molar-refractivity contribution < 1.29 is 0 Å². The fourth-order valence-corrected chi connectivity index (χ4v) is 4.02. The molecule has 3 aliphatic rings. The van der Waals surface area contributed by atoms with Gasteiger partial charge in [-0.25, -0.2) is 0 Å². The van der Waals surface area contributed by atoms with Gasteiger partial charge in [0.1, 0.15) is 0 Å². The third-order valence-electron chi connectivity index (χ3n) is 4.17. The van der Waals surface area contributed by atoms with Crippen molar-refractivity contribution in [2.24, 2.45) is 10.4 Å². The summed E-state index contributed by atoms with van der Waals surface area (Å²) in [7, 11) is 0. The van der Waals surface area contributed by atoms with E-state index >= 15 is 0 Å². The van der Waals surface area contributed by atoms with Crippen molar-refractivity contribution in [2.45, 2.75) is 51.0 Å². The summed E-state index contributed by atoms with van der Waals surface area (Å²) < 4.78 is 0. The minimum atomic E-state index is 0.593. The first-order valence-corrected chi connectivity index (χ1v) is 7.29. The van der Waals surface area contributed by atoms with Crippen LogP contribution in [0.25, 0.3) is 0 Å². The molecule has 0 radical (unpaired) electrons. The molecular weight excluding hydrogens is 204 g/mol. The van der Waals surface area contributed by atoms with Crippen molar-refractivity contribution in [1.82, 2.24) is 5.32 Å². The summed E-state index contributed by atoms with van der Waals surface area (Å²) in [6, 6.07) is 0.744. The standard InChI is InChI=1S/C12H20N2S/c1-2-7-12(6-1)8-13-11(15-9-12)14-10-4-3-5-10/h10H,1-9H2,(H,13,14). The van der Waals surface area contributed by atoms with E-state index in [0.29, 0.717) is 5.41 Å². The Balaban J connectivity index is 1.57. The smallest absolute Gasteiger partial charge is 0.156 e. The Hall–Kier alpha value is -0.180. The van der Waals surface area contributed by atoms with E-state index in [1.807, 2.05) is 11.8 Å². The van der Waals surface area contributed by atoms with Crippen LogP contribution in [0.5, 0.6) is 0 Å². The van der Waals surface area contributed by atoms with Crippen molar-refractivity contribution in [2.75, 3.05) is 12.3 Å². The van der Waals surface area contributed by atoms with Crippen LogP contribution in [-0.2, 0) is 0 Å². The van der Waals surface area contributed by atoms with Crippen LogP contribution in [0.1, 0.15) is 44.9 Å². The minimum Gasteiger partial charge on any atom is -0.362 e. The normalized spacial score (nSPS) is 30.0. The van der Waals surface area contributed by atoms with Crippen LogP contribution in [0, 0.1) is 5.41 Å². The van der Waals surface area contributed by atoms with Gasteiger partial charge in [0, 0.05) is 18.3 Å². The topological polar surface area (TPSA) is 24.4 Å². The van der Waals surface area contributed by atoms with Gasteiger partial charge in [0.05, 0.1) is 0 Å². The summed E-state index contributed by atoms with van der Waals surface area (Å²) in [5.41, 5.74) is 0.593. The Morgan fingerprint density at radius 1 is 1.20 bits per heavy atom. The largest absolute Gasteiger partial charge is 0.362 e. The number of thioether (sulfide) groups is 1. The summed E-state index contributed by atoms with van der Waals surface area (Å²) >= 11 is 1.98. The number of rotatable bonds is 1. The molecule has 0 aromatic heterocycles. The number of nitrogens with zero attached hydrogens (tertiary/aromatic N) is 1. The summed E-state index contributed by atoms with van der Waals surface area (Å²) in [5, 5.41) is 4.81. The van der Waals surface area contributed by atoms with Gasteiger partial charge in [-0.2, -0.15) is 0 Å². The molecule has 0 unspecified atom stereocenters. The van der Waals surface area contributed by atoms with Crippen LogP contribution in [0.15, 0.2) is 4.99 Å². The maximum atomic E-state index is 4.76. The molecular formula is C12H20N2S. The summed E-state index contributed by atoms with van der Waals surface area (Å²) in [5.74, 6) is 1.31. The second kappa shape index (κ2) is 4.00. The number of hydrogen-bond donors (Lipinski definition) is 1. The Bertz CT molecular complexity index is 265. The second-order valence-electron chi connectivity index (χ2n) is 5.39. The molecule has 2 fully saturated rings. The molecule has 0 saturated heterocycles. The van der Waals surface area contributed by atoms with Crippen molar-refractivity contribution in [3.05, 3.63) is 0 Å². The molecule has 0 aromatic rings. The third kappa shape index (κ3) is 2.03. The fraction of sp³-hybridized carbons (Fsp3) is 0.917. The molecule has 15 heavy (non-hydrogen) atoms. The average Bonchev–Trinajstić information content (AvgIpc) is 2.63. The minimum absolute atomic E-state index is 0.593. The van der Waals surface area contributed by atoms with E-state index in [0.717, 1.165) is 12.6 Å². The lowest BCUT2D eigenvalue weighted by molar-refractivity contribution is 0.353. The number of amidine groups is 1. The average molecular weight is 224 g/mol. The van der Waals surface area contributed by atoms with Gasteiger partial charge >= 0.3 is 0 Å². The first-order valence-electron chi connectivity index (χ1n) is 6.30. The monoisotopic (exact) mass is 224 g/mol. The van der Waals surface area contributed by atoms with Gasteiger partial charge in [0.2, 0.25) is 0 Å². The van der Waals surface area contributed by atoms with Crippen LogP contribution in [-0.4, -0.2) is 23.5 Å². The highest BCUT2D eigenvalue weighted by Gasteiger charge is 2.36. The SMILES string of the molecule is C1CC(NC2=NCC3(CCCC3)CS2)C1. The van der Waals surface area contributed by atoms with Crippen molar-refractivity contribution >= 4 is 16.9 Å². The summed E-state index contributed by atoms with van der Waals surface area (Å²) in [4.78, 5) is 4.76. The Kier molecular flexibility index (Phi) is 2.67. The molecule has 0 aromatic carbocycles. The molecule has 1 heterocycles. The van der Waals surface area contributed by atoms with Crippen LogP contribution in [0.2, 0.25) is 0 Å². The van der Waals surface area contributed by atoms with Crippen molar-refractivity contribution in [1.29, 1.82) is 0 Å². The van der Waals surface area contributed by atoms with Crippen LogP contribution >= 0.6 is 11.8 Å². The molecule has 3 rings (SSSR count). The molecule has 1 N–H and O–H groups in total. The predicted molar refractivity (Wildman–Crippen MR) is 66.4 cm³/mol. The highest BCUT2D eigenvalue weighted by molar-refractivity contribution is 8.13. The van der Waals surface area contributed by atoms with Crippen molar-refractivity contribution in [3.8, 4) is 0 Å². The molecule has 0 amide bonds. The Morgan fingerprint density at radius 3 is 2.53 bits per heavy atom. The summed E-state index contributed by atoms with van der Waals surface area (Å²) in [6.07, 6.45) is 9.80. The van der Waals surface area contributed by atoms with Crippen LogP contribution < -0.4 is 5.32 Å². The maximum Gasteiger partial charge on any atom is 0.156 e. The van der Waals surface area contributed by atoms with Gasteiger partial charge < -0.3 is 5.32 Å². The van der Waals surface area contributed by atoms with Gasteiger partial charge in [-0.3, -0.25) is 4.99 Å². The van der Waals surface area contributed by atoms with E-state index in [9.17, 15) is 0 Å². The lowest BCUT2D eigenvalue weighted by Gasteiger charge is -2.34. The Morgan fingerprint density at radius 2 is 2.00 bits per heavy atom. The number of hydrogen-bond acceptors (Lipinski definition) is 3. The lowest BCUT2D eigenvalue weighted by Crippen LogP contribution is -2.41. The molecule has 3 heteroatoms. The van der Waals surface area contributed by atoms with Gasteiger partial charge in [0.25, 0.3) is 0 Å². The lowest BCUT2D eigenvalue weighted by atomic mass is 9.89. The van der Waals surface area contributed by atoms with E-state index in [2.05, 4.69) is 5.32 Å². The van der Waals surface area contributed by atoms with Crippen molar-refractivity contribution in [3.63, 3.8) is 0 Å². The van der Waals surface area contributed by atoms with E-state index in [-0.39, 0.29) is 0 Å². The molecule has 2 aliphatic carbocycles. The van der Waals surface area contributed by atoms with Crippen LogP contribution in [0.3, 0.4) is 0 Å². The van der Waals surface area contributed by atoms with Gasteiger partial charge in [-0.15, -0.1) is 0 Å². The molecule has 2 saturated carbocycles. The first kappa shape index (κ1) is 10.0. The molecule has 0 bridgehead atoms. The fourth-order valence-electron chi connectivity index (χ4n) is 2.79. The molecule has 1 spiro atoms. The van der Waals surface area contributed by atoms with Gasteiger partial charge in [0.15, 0.2) is 5.17 Å². The number of nitrogens with one attached hydrogen (secondary N) is 1. The quantitative estimate of drug-likeness (QED) is 0.740. The van der Waals surface area contributed by atoms with E-state index in [1.54, 1.807) is 0 Å². The zero-order valence-electron chi connectivity index (χ0n) is 9.30. The predicted octanol–water partition coefficient (Wildman–Crippen LogP) is 2.79. The molecule has 2 nitrogen and oxygen atoms in total. The second-order valence-corrected chi connectivity index (χ2v) is 6.35. The van der Waals surface area contributed by atoms with E-state index < -0.39 is 0 Å². The van der Waals surface area contributed by atoms with Crippen LogP contribution in [0.4, 0.5) is 0 Å². The van der Waals surface area contributed by atoms with Gasteiger partial charge in [-0.05, 0) is 37.5 Å². The highest BCUT2D eigenvalue weighted by Crippen LogP contribution is 2.43. The third-order valence-corrected chi connectivity index (χ3v) is 5.45.